The first-order chi connectivity index (χ1) is 13.3. The van der Waals surface area contributed by atoms with Crippen LogP contribution in [0.1, 0.15) is 48.2 Å². The average molecular weight is 380 g/mol. The summed E-state index contributed by atoms with van der Waals surface area (Å²) in [5.41, 5.74) is 8.06. The Labute approximate surface area is 166 Å². The number of aryl methyl sites for hydroxylation is 1. The zero-order chi connectivity index (χ0) is 20.3. The van der Waals surface area contributed by atoms with E-state index in [0.717, 1.165) is 37.1 Å². The number of carbonyl (C=O) groups excluding carboxylic acids is 2. The third-order valence-electron chi connectivity index (χ3n) is 5.64. The van der Waals surface area contributed by atoms with Crippen LogP contribution in [0.15, 0.2) is 48.5 Å². The molecule has 0 radical (unpaired) electrons. The van der Waals surface area contributed by atoms with Crippen LogP contribution in [-0.2, 0) is 10.3 Å². The van der Waals surface area contributed by atoms with Crippen LogP contribution >= 0.6 is 0 Å². The zero-order valence-corrected chi connectivity index (χ0v) is 16.9. The third-order valence-corrected chi connectivity index (χ3v) is 5.64. The molecule has 1 aliphatic heterocycles. The van der Waals surface area contributed by atoms with E-state index in [9.17, 15) is 9.59 Å². The second-order valence-electron chi connectivity index (χ2n) is 8.03. The lowest BCUT2D eigenvalue weighted by Crippen LogP contribution is -2.45. The summed E-state index contributed by atoms with van der Waals surface area (Å²) in [5.74, 6) is 0.449. The number of nitrogens with two attached hydrogens (primary N) is 1. The van der Waals surface area contributed by atoms with Gasteiger partial charge in [-0.05, 0) is 61.9 Å². The zero-order valence-electron chi connectivity index (χ0n) is 16.9. The van der Waals surface area contributed by atoms with E-state index in [0.29, 0.717) is 17.2 Å². The van der Waals surface area contributed by atoms with Crippen LogP contribution in [0.25, 0.3) is 0 Å². The number of hydrogen-bond donors (Lipinski definition) is 2. The largest absolute Gasteiger partial charge is 0.339 e. The number of rotatable bonds is 4. The van der Waals surface area contributed by atoms with Crippen molar-refractivity contribution in [1.29, 1.82) is 0 Å². The molecule has 1 saturated heterocycles. The lowest BCUT2D eigenvalue weighted by Gasteiger charge is -2.30. The van der Waals surface area contributed by atoms with E-state index in [1.807, 2.05) is 48.2 Å². The molecule has 0 saturated carbocycles. The van der Waals surface area contributed by atoms with Crippen molar-refractivity contribution in [3.63, 3.8) is 0 Å². The van der Waals surface area contributed by atoms with E-state index in [-0.39, 0.29) is 11.8 Å². The van der Waals surface area contributed by atoms with Gasteiger partial charge in [-0.1, -0.05) is 37.3 Å². The third kappa shape index (κ3) is 4.25. The molecule has 148 valence electrons. The van der Waals surface area contributed by atoms with E-state index in [1.54, 1.807) is 19.1 Å². The van der Waals surface area contributed by atoms with Crippen LogP contribution in [0, 0.1) is 12.8 Å². The van der Waals surface area contributed by atoms with E-state index < -0.39 is 5.54 Å². The fourth-order valence-corrected chi connectivity index (χ4v) is 3.50. The summed E-state index contributed by atoms with van der Waals surface area (Å²) in [7, 11) is 0. The highest BCUT2D eigenvalue weighted by molar-refractivity contribution is 6.00. The molecule has 2 aromatic rings. The van der Waals surface area contributed by atoms with Crippen LogP contribution in [0.3, 0.4) is 0 Å². The topological polar surface area (TPSA) is 75.4 Å². The fraction of sp³-hybridized carbons (Fsp3) is 0.391. The number of anilines is 1. The first-order valence-corrected chi connectivity index (χ1v) is 9.85. The fourth-order valence-electron chi connectivity index (χ4n) is 3.50. The molecule has 5 heteroatoms. The molecule has 0 spiro atoms. The Morgan fingerprint density at radius 2 is 1.75 bits per heavy atom. The van der Waals surface area contributed by atoms with Crippen molar-refractivity contribution in [1.82, 2.24) is 4.90 Å². The molecule has 3 rings (SSSR count). The Bertz CT molecular complexity index is 853. The molecular weight excluding hydrogens is 350 g/mol. The summed E-state index contributed by atoms with van der Waals surface area (Å²) in [6.45, 7) is 7.42. The highest BCUT2D eigenvalue weighted by Crippen LogP contribution is 2.24. The van der Waals surface area contributed by atoms with Crippen molar-refractivity contribution in [2.75, 3.05) is 18.4 Å². The Balaban J connectivity index is 1.72. The minimum absolute atomic E-state index is 0.0563. The summed E-state index contributed by atoms with van der Waals surface area (Å²) in [4.78, 5) is 27.4. The molecular formula is C23H29N3O2. The van der Waals surface area contributed by atoms with Crippen molar-refractivity contribution < 1.29 is 9.59 Å². The molecule has 5 nitrogen and oxygen atoms in total. The molecule has 1 fully saturated rings. The van der Waals surface area contributed by atoms with Crippen LogP contribution in [0.4, 0.5) is 5.69 Å². The summed E-state index contributed by atoms with van der Waals surface area (Å²) < 4.78 is 0. The van der Waals surface area contributed by atoms with Gasteiger partial charge in [-0.3, -0.25) is 9.59 Å². The predicted molar refractivity (Wildman–Crippen MR) is 112 cm³/mol. The lowest BCUT2D eigenvalue weighted by molar-refractivity contribution is -0.120. The quantitative estimate of drug-likeness (QED) is 0.851. The number of hydrogen-bond acceptors (Lipinski definition) is 3. The predicted octanol–water partition coefficient (Wildman–Crippen LogP) is 3.68. The number of carbonyl (C=O) groups is 2. The second kappa shape index (κ2) is 8.15. The molecule has 2 aromatic carbocycles. The van der Waals surface area contributed by atoms with Gasteiger partial charge >= 0.3 is 0 Å². The summed E-state index contributed by atoms with van der Waals surface area (Å²) >= 11 is 0. The standard InChI is InChI=1S/C23H29N3O2/c1-16-11-13-26(14-12-16)21(27)18-9-10-20(17(2)15-18)25-22(28)23(3,24)19-7-5-4-6-8-19/h4-10,15-16H,11-14,24H2,1-3H3,(H,25,28). The van der Waals surface area contributed by atoms with Crippen LogP contribution in [0.5, 0.6) is 0 Å². The minimum atomic E-state index is -1.15. The molecule has 0 aromatic heterocycles. The van der Waals surface area contributed by atoms with E-state index in [2.05, 4.69) is 12.2 Å². The summed E-state index contributed by atoms with van der Waals surface area (Å²) in [5, 5.41) is 2.91. The molecule has 1 aliphatic rings. The average Bonchev–Trinajstić information content (AvgIpc) is 2.70. The molecule has 1 heterocycles. The summed E-state index contributed by atoms with van der Waals surface area (Å²) in [6.07, 6.45) is 2.10. The molecule has 3 N–H and O–H groups in total. The van der Waals surface area contributed by atoms with Gasteiger partial charge < -0.3 is 16.0 Å². The molecule has 1 atom stereocenters. The Kier molecular flexibility index (Phi) is 5.84. The molecule has 1 unspecified atom stereocenters. The van der Waals surface area contributed by atoms with Crippen molar-refractivity contribution >= 4 is 17.5 Å². The van der Waals surface area contributed by atoms with Crippen LogP contribution in [-0.4, -0.2) is 29.8 Å². The first-order valence-electron chi connectivity index (χ1n) is 9.85. The molecule has 0 bridgehead atoms. The molecule has 0 aliphatic carbocycles. The molecule has 28 heavy (non-hydrogen) atoms. The Morgan fingerprint density at radius 3 is 2.36 bits per heavy atom. The van der Waals surface area contributed by atoms with Gasteiger partial charge in [-0.2, -0.15) is 0 Å². The van der Waals surface area contributed by atoms with Gasteiger partial charge in [0.2, 0.25) is 5.91 Å². The van der Waals surface area contributed by atoms with Crippen LogP contribution in [0.2, 0.25) is 0 Å². The number of piperidine rings is 1. The van der Waals surface area contributed by atoms with Gasteiger partial charge in [0, 0.05) is 24.3 Å². The van der Waals surface area contributed by atoms with Gasteiger partial charge in [0.15, 0.2) is 0 Å². The molecule has 2 amide bonds. The number of benzene rings is 2. The smallest absolute Gasteiger partial charge is 0.253 e. The highest BCUT2D eigenvalue weighted by Gasteiger charge is 2.30. The number of amides is 2. The number of nitrogens with zero attached hydrogens (tertiary/aromatic N) is 1. The first kappa shape index (κ1) is 20.1. The van der Waals surface area contributed by atoms with Crippen molar-refractivity contribution in [3.8, 4) is 0 Å². The maximum atomic E-state index is 12.8. The van der Waals surface area contributed by atoms with Gasteiger partial charge in [-0.15, -0.1) is 0 Å². The Morgan fingerprint density at radius 1 is 1.11 bits per heavy atom. The number of nitrogens with one attached hydrogen (secondary N) is 1. The van der Waals surface area contributed by atoms with Gasteiger partial charge in [0.25, 0.3) is 5.91 Å². The van der Waals surface area contributed by atoms with E-state index >= 15 is 0 Å². The van der Waals surface area contributed by atoms with Crippen molar-refractivity contribution in [2.24, 2.45) is 11.7 Å². The maximum absolute atomic E-state index is 12.8. The van der Waals surface area contributed by atoms with Gasteiger partial charge in [0.1, 0.15) is 5.54 Å². The van der Waals surface area contributed by atoms with E-state index in [1.165, 1.54) is 0 Å². The SMILES string of the molecule is Cc1cc(C(=O)N2CCC(C)CC2)ccc1NC(=O)C(C)(N)c1ccccc1. The van der Waals surface area contributed by atoms with Crippen LogP contribution < -0.4 is 11.1 Å². The summed E-state index contributed by atoms with van der Waals surface area (Å²) in [6, 6.07) is 14.7. The number of likely N-dealkylation sites (tertiary alicyclic amines) is 1. The monoisotopic (exact) mass is 379 g/mol. The van der Waals surface area contributed by atoms with E-state index in [4.69, 9.17) is 5.73 Å². The lowest BCUT2D eigenvalue weighted by atomic mass is 9.92. The van der Waals surface area contributed by atoms with Gasteiger partial charge in [-0.25, -0.2) is 0 Å². The minimum Gasteiger partial charge on any atom is -0.339 e. The van der Waals surface area contributed by atoms with Gasteiger partial charge in [0.05, 0.1) is 0 Å². The normalized spacial score (nSPS) is 17.1. The Hall–Kier alpha value is -2.66. The van der Waals surface area contributed by atoms with Crippen molar-refractivity contribution in [2.45, 2.75) is 39.2 Å². The maximum Gasteiger partial charge on any atom is 0.253 e. The highest BCUT2D eigenvalue weighted by atomic mass is 16.2. The second-order valence-corrected chi connectivity index (χ2v) is 8.03. The van der Waals surface area contributed by atoms with Crippen molar-refractivity contribution in [3.05, 3.63) is 65.2 Å².